The number of benzene rings is 1. The molecule has 1 saturated heterocycles. The van der Waals surface area contributed by atoms with Crippen molar-refractivity contribution >= 4 is 22.8 Å². The van der Waals surface area contributed by atoms with Crippen LogP contribution in [0.4, 0.5) is 0 Å². The molecule has 2 amide bonds. The minimum absolute atomic E-state index is 0.0115. The van der Waals surface area contributed by atoms with Crippen LogP contribution in [-0.4, -0.2) is 58.5 Å². The maximum Gasteiger partial charge on any atom is 0.237 e. The SMILES string of the molecule is Cn1c(CCNC(=O)CC2C(=O)NCCN2CC2CCCCC2)nc2ccccc21. The van der Waals surface area contributed by atoms with Gasteiger partial charge in [0.2, 0.25) is 11.8 Å². The highest BCUT2D eigenvalue weighted by molar-refractivity contribution is 5.88. The molecule has 1 saturated carbocycles. The van der Waals surface area contributed by atoms with Crippen molar-refractivity contribution in [3.05, 3.63) is 30.1 Å². The molecule has 162 valence electrons. The molecule has 7 heteroatoms. The van der Waals surface area contributed by atoms with E-state index in [0.29, 0.717) is 25.4 Å². The van der Waals surface area contributed by atoms with E-state index >= 15 is 0 Å². The van der Waals surface area contributed by atoms with Crippen molar-refractivity contribution in [1.82, 2.24) is 25.1 Å². The molecule has 2 N–H and O–H groups in total. The first-order valence-electron chi connectivity index (χ1n) is 11.3. The number of aromatic nitrogens is 2. The average Bonchev–Trinajstić information content (AvgIpc) is 3.07. The Morgan fingerprint density at radius 1 is 1.23 bits per heavy atom. The second kappa shape index (κ2) is 9.60. The van der Waals surface area contributed by atoms with Crippen LogP contribution < -0.4 is 10.6 Å². The minimum Gasteiger partial charge on any atom is -0.356 e. The topological polar surface area (TPSA) is 79.3 Å². The van der Waals surface area contributed by atoms with Crippen molar-refractivity contribution in [3.63, 3.8) is 0 Å². The van der Waals surface area contributed by atoms with Crippen LogP contribution in [0.25, 0.3) is 11.0 Å². The third-order valence-electron chi connectivity index (χ3n) is 6.59. The number of piperazine rings is 1. The number of imidazole rings is 1. The van der Waals surface area contributed by atoms with Crippen LogP contribution in [0.1, 0.15) is 44.3 Å². The first-order valence-corrected chi connectivity index (χ1v) is 11.3. The van der Waals surface area contributed by atoms with Crippen LogP contribution in [0.5, 0.6) is 0 Å². The van der Waals surface area contributed by atoms with Gasteiger partial charge in [-0.05, 0) is 30.9 Å². The predicted octanol–water partition coefficient (Wildman–Crippen LogP) is 2.00. The summed E-state index contributed by atoms with van der Waals surface area (Å²) in [6.45, 7) is 2.97. The van der Waals surface area contributed by atoms with Crippen LogP contribution in [0.2, 0.25) is 0 Å². The Morgan fingerprint density at radius 3 is 2.83 bits per heavy atom. The molecule has 2 heterocycles. The first-order chi connectivity index (χ1) is 14.6. The summed E-state index contributed by atoms with van der Waals surface area (Å²) in [5, 5.41) is 5.93. The largest absolute Gasteiger partial charge is 0.356 e. The fraction of sp³-hybridized carbons (Fsp3) is 0.609. The van der Waals surface area contributed by atoms with E-state index in [1.165, 1.54) is 32.1 Å². The normalized spacial score (nSPS) is 21.0. The van der Waals surface area contributed by atoms with Crippen molar-refractivity contribution < 1.29 is 9.59 Å². The number of aryl methyl sites for hydroxylation is 1. The molecule has 0 bridgehead atoms. The lowest BCUT2D eigenvalue weighted by atomic mass is 9.88. The summed E-state index contributed by atoms with van der Waals surface area (Å²) in [6.07, 6.45) is 7.29. The van der Waals surface area contributed by atoms with Gasteiger partial charge in [-0.1, -0.05) is 31.4 Å². The maximum atomic E-state index is 12.6. The Bertz CT molecular complexity index is 887. The number of carbonyl (C=O) groups excluding carboxylic acids is 2. The second-order valence-corrected chi connectivity index (χ2v) is 8.69. The Kier molecular flexibility index (Phi) is 6.67. The molecule has 1 unspecified atom stereocenters. The van der Waals surface area contributed by atoms with Crippen molar-refractivity contribution in [2.75, 3.05) is 26.2 Å². The van der Waals surface area contributed by atoms with E-state index in [-0.39, 0.29) is 24.3 Å². The van der Waals surface area contributed by atoms with Crippen molar-refractivity contribution in [2.24, 2.45) is 13.0 Å². The number of carbonyl (C=O) groups is 2. The van der Waals surface area contributed by atoms with Gasteiger partial charge < -0.3 is 15.2 Å². The highest BCUT2D eigenvalue weighted by Gasteiger charge is 2.33. The molecule has 0 spiro atoms. The highest BCUT2D eigenvalue weighted by atomic mass is 16.2. The third kappa shape index (κ3) is 4.83. The Balaban J connectivity index is 1.29. The molecular formula is C23H33N5O2. The number of nitrogens with zero attached hydrogens (tertiary/aromatic N) is 3. The van der Waals surface area contributed by atoms with Crippen LogP contribution >= 0.6 is 0 Å². The van der Waals surface area contributed by atoms with Crippen molar-refractivity contribution in [2.45, 2.75) is 51.0 Å². The Labute approximate surface area is 178 Å². The number of hydrogen-bond acceptors (Lipinski definition) is 4. The summed E-state index contributed by atoms with van der Waals surface area (Å²) in [6, 6.07) is 7.68. The van der Waals surface area contributed by atoms with Gasteiger partial charge in [-0.3, -0.25) is 14.5 Å². The van der Waals surface area contributed by atoms with E-state index in [0.717, 1.165) is 29.9 Å². The third-order valence-corrected chi connectivity index (χ3v) is 6.59. The second-order valence-electron chi connectivity index (χ2n) is 8.69. The number of hydrogen-bond donors (Lipinski definition) is 2. The summed E-state index contributed by atoms with van der Waals surface area (Å²) >= 11 is 0. The summed E-state index contributed by atoms with van der Waals surface area (Å²) < 4.78 is 2.07. The maximum absolute atomic E-state index is 12.6. The molecule has 1 aliphatic heterocycles. The highest BCUT2D eigenvalue weighted by Crippen LogP contribution is 2.25. The average molecular weight is 412 g/mol. The lowest BCUT2D eigenvalue weighted by Crippen LogP contribution is -2.57. The predicted molar refractivity (Wildman–Crippen MR) is 117 cm³/mol. The number of para-hydroxylation sites is 2. The standard InChI is InChI=1S/C23H33N5O2/c1-27-19-10-6-5-9-18(19)26-21(27)11-12-24-22(29)15-20-23(30)25-13-14-28(20)16-17-7-3-2-4-8-17/h5-6,9-10,17,20H,2-4,7-8,11-16H2,1H3,(H,24,29)(H,25,30). The molecule has 1 atom stereocenters. The zero-order chi connectivity index (χ0) is 20.9. The molecule has 7 nitrogen and oxygen atoms in total. The molecule has 1 aromatic carbocycles. The van der Waals surface area contributed by atoms with Crippen LogP contribution in [-0.2, 0) is 23.1 Å². The fourth-order valence-corrected chi connectivity index (χ4v) is 4.88. The Hall–Kier alpha value is -2.41. The lowest BCUT2D eigenvalue weighted by Gasteiger charge is -2.37. The van der Waals surface area contributed by atoms with Gasteiger partial charge in [0.05, 0.1) is 23.5 Å². The molecule has 1 aromatic heterocycles. The van der Waals surface area contributed by atoms with Crippen LogP contribution in [0, 0.1) is 5.92 Å². The van der Waals surface area contributed by atoms with Crippen LogP contribution in [0.3, 0.4) is 0 Å². The van der Waals surface area contributed by atoms with E-state index in [4.69, 9.17) is 0 Å². The van der Waals surface area contributed by atoms with Crippen molar-refractivity contribution in [3.8, 4) is 0 Å². The van der Waals surface area contributed by atoms with E-state index in [9.17, 15) is 9.59 Å². The van der Waals surface area contributed by atoms with E-state index in [1.807, 2.05) is 31.3 Å². The quantitative estimate of drug-likeness (QED) is 0.730. The van der Waals surface area contributed by atoms with Gasteiger partial charge in [-0.15, -0.1) is 0 Å². The Morgan fingerprint density at radius 2 is 2.03 bits per heavy atom. The number of nitrogens with one attached hydrogen (secondary N) is 2. The van der Waals surface area contributed by atoms with E-state index in [1.54, 1.807) is 0 Å². The first kappa shape index (κ1) is 20.8. The molecule has 30 heavy (non-hydrogen) atoms. The minimum atomic E-state index is -0.351. The summed E-state index contributed by atoms with van der Waals surface area (Å²) in [4.78, 5) is 32.0. The van der Waals surface area contributed by atoms with Gasteiger partial charge in [0, 0.05) is 39.6 Å². The van der Waals surface area contributed by atoms with Crippen LogP contribution in [0.15, 0.2) is 24.3 Å². The summed E-state index contributed by atoms with van der Waals surface area (Å²) in [7, 11) is 2.00. The molecule has 4 rings (SSSR count). The van der Waals surface area contributed by atoms with Gasteiger partial charge in [0.1, 0.15) is 5.82 Å². The number of fused-ring (bicyclic) bond motifs is 1. The van der Waals surface area contributed by atoms with E-state index in [2.05, 4.69) is 25.1 Å². The van der Waals surface area contributed by atoms with Gasteiger partial charge in [0.25, 0.3) is 0 Å². The van der Waals surface area contributed by atoms with E-state index < -0.39 is 0 Å². The molecule has 2 fully saturated rings. The van der Waals surface area contributed by atoms with Gasteiger partial charge in [0.15, 0.2) is 0 Å². The molecule has 1 aliphatic carbocycles. The molecule has 0 radical (unpaired) electrons. The number of amides is 2. The monoisotopic (exact) mass is 411 g/mol. The molecular weight excluding hydrogens is 378 g/mol. The summed E-state index contributed by atoms with van der Waals surface area (Å²) in [5.41, 5.74) is 2.06. The summed E-state index contributed by atoms with van der Waals surface area (Å²) in [5.74, 6) is 1.53. The fourth-order valence-electron chi connectivity index (χ4n) is 4.88. The zero-order valence-corrected chi connectivity index (χ0v) is 17.9. The molecule has 2 aromatic rings. The zero-order valence-electron chi connectivity index (χ0n) is 17.9. The van der Waals surface area contributed by atoms with Gasteiger partial charge in [-0.25, -0.2) is 4.98 Å². The van der Waals surface area contributed by atoms with Crippen molar-refractivity contribution in [1.29, 1.82) is 0 Å². The van der Waals surface area contributed by atoms with Gasteiger partial charge in [-0.2, -0.15) is 0 Å². The smallest absolute Gasteiger partial charge is 0.237 e. The number of rotatable bonds is 7. The molecule has 2 aliphatic rings. The lowest BCUT2D eigenvalue weighted by molar-refractivity contribution is -0.134. The van der Waals surface area contributed by atoms with Gasteiger partial charge >= 0.3 is 0 Å².